The topological polar surface area (TPSA) is 155 Å². The van der Waals surface area contributed by atoms with Crippen molar-refractivity contribution in [3.8, 4) is 46.0 Å². The fourth-order valence-corrected chi connectivity index (χ4v) is 14.7. The van der Waals surface area contributed by atoms with Gasteiger partial charge >= 0.3 is 31.0 Å². The molecule has 0 N–H and O–H groups in total. The van der Waals surface area contributed by atoms with Gasteiger partial charge < -0.3 is 36.2 Å². The van der Waals surface area contributed by atoms with E-state index >= 15 is 18.3 Å². The van der Waals surface area contributed by atoms with Crippen LogP contribution in [0.5, 0.6) is 46.0 Å². The van der Waals surface area contributed by atoms with E-state index in [1.165, 1.54) is 18.7 Å². The molecule has 4 heterocycles. The maximum absolute atomic E-state index is 15.3. The van der Waals surface area contributed by atoms with Crippen LogP contribution in [-0.2, 0) is 18.3 Å². The smallest absolute Gasteiger partial charge is 0.404 e. The highest BCUT2D eigenvalue weighted by atomic mass is 31.2. The molecule has 8 bridgehead atoms. The summed E-state index contributed by atoms with van der Waals surface area (Å²) in [4.78, 5) is 0. The Bertz CT molecular complexity index is 2360. The molecule has 0 fully saturated rings. The fourth-order valence-electron chi connectivity index (χ4n) is 9.98. The maximum Gasteiger partial charge on any atom is 0.515 e. The number of hydrogen-bond acceptors (Lipinski definition) is 12. The molecule has 0 saturated carbocycles. The van der Waals surface area contributed by atoms with Gasteiger partial charge in [0, 0.05) is 92.4 Å². The van der Waals surface area contributed by atoms with Gasteiger partial charge in [-0.2, -0.15) is 18.7 Å². The van der Waals surface area contributed by atoms with E-state index in [0.29, 0.717) is 25.7 Å². The first-order valence-electron chi connectivity index (χ1n) is 23.6. The van der Waals surface area contributed by atoms with Crippen LogP contribution in [0.3, 0.4) is 0 Å². The molecule has 20 heteroatoms. The molecule has 0 unspecified atom stereocenters. The van der Waals surface area contributed by atoms with Gasteiger partial charge in [-0.05, 0) is 106 Å². The number of rotatable bonds is 12. The zero-order valence-electron chi connectivity index (χ0n) is 41.1. The molecule has 68 heavy (non-hydrogen) atoms. The van der Waals surface area contributed by atoms with Crippen molar-refractivity contribution in [3.05, 3.63) is 93.0 Å². The molecule has 4 aliphatic heterocycles. The maximum atomic E-state index is 15.3. The van der Waals surface area contributed by atoms with E-state index in [2.05, 4.69) is 52.0 Å². The summed E-state index contributed by atoms with van der Waals surface area (Å²) in [7, 11) is -4.00. The van der Waals surface area contributed by atoms with Gasteiger partial charge in [0.05, 0.1) is 0 Å². The van der Waals surface area contributed by atoms with Crippen LogP contribution in [0.1, 0.15) is 147 Å². The first kappa shape index (κ1) is 49.0. The highest BCUT2D eigenvalue weighted by Crippen LogP contribution is 2.66. The minimum Gasteiger partial charge on any atom is -0.404 e. The summed E-state index contributed by atoms with van der Waals surface area (Å²) in [6.45, 7) is 8.44. The van der Waals surface area contributed by atoms with Crippen LogP contribution in [0.25, 0.3) is 0 Å². The summed E-state index contributed by atoms with van der Waals surface area (Å²) in [6, 6.07) is 15.0. The van der Waals surface area contributed by atoms with Gasteiger partial charge in [0.2, 0.25) is 0 Å². The lowest BCUT2D eigenvalue weighted by molar-refractivity contribution is 0.307. The van der Waals surface area contributed by atoms with E-state index in [9.17, 15) is 0 Å². The molecular weight excluding hydrogens is 948 g/mol. The average molecular weight is 1010 g/mol. The van der Waals surface area contributed by atoms with Crippen LogP contribution in [0.4, 0.5) is 0 Å². The summed E-state index contributed by atoms with van der Waals surface area (Å²) in [6.07, 6.45) is 5.50. The largest absolute Gasteiger partial charge is 0.515 e. The van der Waals surface area contributed by atoms with Crippen molar-refractivity contribution in [1.82, 2.24) is 18.7 Å². The van der Waals surface area contributed by atoms with Gasteiger partial charge in [0.15, 0.2) is 0 Å². The predicted octanol–water partition coefficient (Wildman–Crippen LogP) is 13.5. The molecule has 368 valence electrons. The van der Waals surface area contributed by atoms with Crippen LogP contribution < -0.4 is 36.2 Å². The van der Waals surface area contributed by atoms with E-state index in [4.69, 9.17) is 36.2 Å². The lowest BCUT2D eigenvalue weighted by Gasteiger charge is -2.38. The molecule has 0 atom stereocenters. The predicted molar refractivity (Wildman–Crippen MR) is 263 cm³/mol. The average Bonchev–Trinajstić information content (AvgIpc) is 3.25. The Morgan fingerprint density at radius 3 is 0.574 bits per heavy atom. The molecule has 16 nitrogen and oxygen atoms in total. The first-order chi connectivity index (χ1) is 32.2. The standard InChI is InChI=1S/C48H64N4O12P4/c1-13-17-29-33-21-35-30(18-14-2)37-23-39-32(20-16-4)40-24-38-31(19-15-3)36-22-34(29)42-26-44(36)60-67(55,51(9)10)62-46(38)28-48(40)64-68(56,52(11)12)63-47(39)27-45(37)61-66(54,50(7)8)59-43(35)25-41(33)57-65(53,58-42)49(5)6/h21-32H,13-20H2,1-12H3. The highest BCUT2D eigenvalue weighted by Gasteiger charge is 2.47. The molecule has 5 aliphatic rings. The molecule has 0 radical (unpaired) electrons. The summed E-state index contributed by atoms with van der Waals surface area (Å²) in [5, 5.41) is 0. The second-order valence-corrected chi connectivity index (χ2v) is 27.5. The van der Waals surface area contributed by atoms with Crippen LogP contribution in [0.2, 0.25) is 0 Å². The van der Waals surface area contributed by atoms with E-state index in [1.54, 1.807) is 80.6 Å². The summed E-state index contributed by atoms with van der Waals surface area (Å²) in [5.41, 5.74) is 5.95. The Morgan fingerprint density at radius 2 is 0.456 bits per heavy atom. The van der Waals surface area contributed by atoms with Gasteiger partial charge in [0.1, 0.15) is 46.0 Å². The minimum atomic E-state index is -4.23. The third kappa shape index (κ3) is 8.19. The molecule has 1 aliphatic carbocycles. The third-order valence-electron chi connectivity index (χ3n) is 13.6. The van der Waals surface area contributed by atoms with Gasteiger partial charge in [0.25, 0.3) is 0 Å². The Balaban J connectivity index is 1.52. The van der Waals surface area contributed by atoms with Crippen molar-refractivity contribution in [1.29, 1.82) is 0 Å². The van der Waals surface area contributed by atoms with Gasteiger partial charge in [-0.3, -0.25) is 0 Å². The van der Waals surface area contributed by atoms with Crippen LogP contribution >= 0.6 is 31.0 Å². The lowest BCUT2D eigenvalue weighted by Crippen LogP contribution is -2.25. The normalized spacial score (nSPS) is 28.4. The van der Waals surface area contributed by atoms with Gasteiger partial charge in [-0.15, -0.1) is 0 Å². The third-order valence-corrected chi connectivity index (χ3v) is 20.9. The Kier molecular flexibility index (Phi) is 13.0. The molecule has 9 rings (SSSR count). The second-order valence-electron chi connectivity index (χ2n) is 19.1. The fraction of sp³-hybridized carbons (Fsp3) is 0.500. The van der Waals surface area contributed by atoms with E-state index < -0.39 is 54.7 Å². The van der Waals surface area contributed by atoms with E-state index in [0.717, 1.165) is 70.2 Å². The zero-order valence-corrected chi connectivity index (χ0v) is 44.6. The summed E-state index contributed by atoms with van der Waals surface area (Å²) in [5.74, 6) is 0.444. The van der Waals surface area contributed by atoms with E-state index in [1.807, 2.05) is 0 Å². The van der Waals surface area contributed by atoms with Crippen LogP contribution in [-0.4, -0.2) is 75.1 Å². The van der Waals surface area contributed by atoms with E-state index in [-0.39, 0.29) is 46.0 Å². The molecule has 4 aromatic rings. The van der Waals surface area contributed by atoms with Crippen LogP contribution in [0, 0.1) is 0 Å². The van der Waals surface area contributed by atoms with Crippen molar-refractivity contribution in [3.63, 3.8) is 0 Å². The monoisotopic (exact) mass is 1010 g/mol. The molecule has 0 amide bonds. The molecule has 4 aromatic carbocycles. The van der Waals surface area contributed by atoms with Crippen molar-refractivity contribution in [2.75, 3.05) is 56.4 Å². The zero-order chi connectivity index (χ0) is 48.8. The number of hydrogen-bond donors (Lipinski definition) is 0. The number of nitrogens with zero attached hydrogens (tertiary/aromatic N) is 4. The Labute approximate surface area is 400 Å². The van der Waals surface area contributed by atoms with Crippen molar-refractivity contribution in [2.24, 2.45) is 0 Å². The van der Waals surface area contributed by atoms with Crippen molar-refractivity contribution >= 4 is 31.0 Å². The van der Waals surface area contributed by atoms with Crippen molar-refractivity contribution < 1.29 is 54.5 Å². The summed E-state index contributed by atoms with van der Waals surface area (Å²) >= 11 is 0. The lowest BCUT2D eigenvalue weighted by atomic mass is 9.76. The molecular formula is C48H64N4O12P4. The number of benzene rings is 4. The Hall–Kier alpha value is -3.96. The van der Waals surface area contributed by atoms with Gasteiger partial charge in [-0.25, -0.2) is 18.3 Å². The van der Waals surface area contributed by atoms with Gasteiger partial charge in [-0.1, -0.05) is 53.4 Å². The van der Waals surface area contributed by atoms with Crippen molar-refractivity contribution in [2.45, 2.75) is 103 Å². The van der Waals surface area contributed by atoms with Crippen LogP contribution in [0.15, 0.2) is 48.5 Å². The SMILES string of the molecule is CCCC1c2cc3c4cc2OP(=O)(N(C)C)Oc2cc5c(cc21)C(CCC)c1cc2c(cc1OP(=O)(N(C)C)O5)OP(=O)(N(C)C)Oc1cc(c(cc1C2CCC)C3CCC)OP(=O)(N(C)C)O4. The highest BCUT2D eigenvalue weighted by molar-refractivity contribution is 7.53. The minimum absolute atomic E-state index is 0.252. The molecule has 0 spiro atoms. The first-order valence-corrected chi connectivity index (χ1v) is 29.6. The Morgan fingerprint density at radius 1 is 0.309 bits per heavy atom. The quantitative estimate of drug-likeness (QED) is 0.123. The molecule has 0 saturated heterocycles. The summed E-state index contributed by atoms with van der Waals surface area (Å²) < 4.78 is 120. The molecule has 0 aromatic heterocycles. The second kappa shape index (κ2) is 18.0.